The molecule has 0 bridgehead atoms. The topological polar surface area (TPSA) is 66.4 Å². The van der Waals surface area contributed by atoms with Crippen molar-refractivity contribution in [2.75, 3.05) is 0 Å². The number of hydrogen-bond acceptors (Lipinski definition) is 3. The number of thioether (sulfide) groups is 1. The summed E-state index contributed by atoms with van der Waals surface area (Å²) >= 11 is 7.39. The highest BCUT2D eigenvalue weighted by molar-refractivity contribution is 8.00. The van der Waals surface area contributed by atoms with Gasteiger partial charge in [0.05, 0.1) is 16.2 Å². The first-order valence-electron chi connectivity index (χ1n) is 6.27. The molecule has 0 saturated carbocycles. The number of aliphatic carboxylic acids is 1. The molecule has 1 aromatic carbocycles. The summed E-state index contributed by atoms with van der Waals surface area (Å²) in [4.78, 5) is 23.7. The van der Waals surface area contributed by atoms with E-state index in [9.17, 15) is 9.59 Å². The number of benzene rings is 1. The molecule has 0 aliphatic heterocycles. The second-order valence-corrected chi connectivity index (χ2v) is 6.40. The molecule has 0 aliphatic rings. The van der Waals surface area contributed by atoms with Crippen LogP contribution in [-0.4, -0.2) is 28.3 Å². The highest BCUT2D eigenvalue weighted by Gasteiger charge is 2.23. The van der Waals surface area contributed by atoms with E-state index in [0.29, 0.717) is 5.02 Å². The predicted octanol–water partition coefficient (Wildman–Crippen LogP) is 3.05. The van der Waals surface area contributed by atoms with Crippen LogP contribution in [0.1, 0.15) is 20.8 Å². The number of carboxylic acids is 1. The van der Waals surface area contributed by atoms with Crippen molar-refractivity contribution in [3.63, 3.8) is 0 Å². The van der Waals surface area contributed by atoms with Gasteiger partial charge in [0, 0.05) is 10.9 Å². The molecule has 20 heavy (non-hydrogen) atoms. The molecule has 3 unspecified atom stereocenters. The average molecular weight is 316 g/mol. The number of carbonyl (C=O) groups is 2. The lowest BCUT2D eigenvalue weighted by atomic mass is 10.0. The van der Waals surface area contributed by atoms with Crippen LogP contribution >= 0.6 is 23.4 Å². The number of amides is 1. The first kappa shape index (κ1) is 16.9. The SMILES string of the molecule is CC(Sc1ccccc1Cl)C(=O)NC(C)C(C)C(=O)O. The lowest BCUT2D eigenvalue weighted by molar-refractivity contribution is -0.142. The molecule has 4 nitrogen and oxygen atoms in total. The molecule has 110 valence electrons. The number of nitrogens with one attached hydrogen (secondary N) is 1. The van der Waals surface area contributed by atoms with E-state index in [2.05, 4.69) is 5.32 Å². The third-order valence-electron chi connectivity index (χ3n) is 3.02. The fourth-order valence-corrected chi connectivity index (χ4v) is 2.63. The van der Waals surface area contributed by atoms with Gasteiger partial charge in [-0.1, -0.05) is 23.7 Å². The van der Waals surface area contributed by atoms with Crippen LogP contribution in [0, 0.1) is 5.92 Å². The quantitative estimate of drug-likeness (QED) is 0.792. The van der Waals surface area contributed by atoms with E-state index >= 15 is 0 Å². The third-order valence-corrected chi connectivity index (χ3v) is 4.64. The van der Waals surface area contributed by atoms with Gasteiger partial charge < -0.3 is 10.4 Å². The Kier molecular flexibility index (Phi) is 6.36. The summed E-state index contributed by atoms with van der Waals surface area (Å²) in [7, 11) is 0. The molecule has 0 spiro atoms. The van der Waals surface area contributed by atoms with E-state index in [4.69, 9.17) is 16.7 Å². The summed E-state index contributed by atoms with van der Waals surface area (Å²) in [6.45, 7) is 5.02. The standard InChI is InChI=1S/C14H18ClNO3S/c1-8(14(18)19)9(2)16-13(17)10(3)20-12-7-5-4-6-11(12)15/h4-10H,1-3H3,(H,16,17)(H,18,19). The Bertz CT molecular complexity index is 495. The summed E-state index contributed by atoms with van der Waals surface area (Å²) in [5, 5.41) is 11.9. The number of carbonyl (C=O) groups excluding carboxylic acids is 1. The molecule has 0 fully saturated rings. The second-order valence-electron chi connectivity index (χ2n) is 4.61. The van der Waals surface area contributed by atoms with Crippen LogP contribution in [0.25, 0.3) is 0 Å². The van der Waals surface area contributed by atoms with Gasteiger partial charge in [-0.05, 0) is 32.9 Å². The minimum Gasteiger partial charge on any atom is -0.481 e. The van der Waals surface area contributed by atoms with Crippen LogP contribution in [0.3, 0.4) is 0 Å². The monoisotopic (exact) mass is 315 g/mol. The first-order chi connectivity index (χ1) is 9.32. The molecule has 3 atom stereocenters. The molecule has 6 heteroatoms. The van der Waals surface area contributed by atoms with Crippen LogP contribution < -0.4 is 5.32 Å². The molecular formula is C14H18ClNO3S. The molecule has 0 heterocycles. The van der Waals surface area contributed by atoms with Crippen LogP contribution in [0.15, 0.2) is 29.2 Å². The van der Waals surface area contributed by atoms with Crippen molar-refractivity contribution < 1.29 is 14.7 Å². The van der Waals surface area contributed by atoms with Gasteiger partial charge >= 0.3 is 5.97 Å². The third kappa shape index (κ3) is 4.72. The highest BCUT2D eigenvalue weighted by atomic mass is 35.5. The summed E-state index contributed by atoms with van der Waals surface area (Å²) in [6.07, 6.45) is 0. The fraction of sp³-hybridized carbons (Fsp3) is 0.429. The van der Waals surface area contributed by atoms with E-state index in [1.807, 2.05) is 18.2 Å². The molecule has 0 radical (unpaired) electrons. The average Bonchev–Trinajstić information content (AvgIpc) is 2.40. The lowest BCUT2D eigenvalue weighted by Gasteiger charge is -2.20. The van der Waals surface area contributed by atoms with Gasteiger partial charge in [-0.3, -0.25) is 9.59 Å². The number of hydrogen-bond donors (Lipinski definition) is 2. The second kappa shape index (κ2) is 7.55. The van der Waals surface area contributed by atoms with Crippen LogP contribution in [0.5, 0.6) is 0 Å². The van der Waals surface area contributed by atoms with Crippen molar-refractivity contribution in [3.05, 3.63) is 29.3 Å². The molecule has 2 N–H and O–H groups in total. The van der Waals surface area contributed by atoms with Crippen molar-refractivity contribution in [3.8, 4) is 0 Å². The molecule has 0 aliphatic carbocycles. The van der Waals surface area contributed by atoms with Gasteiger partial charge in [0.15, 0.2) is 0 Å². The Morgan fingerprint density at radius 3 is 2.40 bits per heavy atom. The maximum atomic E-state index is 12.0. The van der Waals surface area contributed by atoms with Gasteiger partial charge in [-0.2, -0.15) is 0 Å². The van der Waals surface area contributed by atoms with Gasteiger partial charge in [-0.15, -0.1) is 11.8 Å². The molecule has 0 aromatic heterocycles. The summed E-state index contributed by atoms with van der Waals surface area (Å²) in [6, 6.07) is 6.88. The van der Waals surface area contributed by atoms with E-state index in [-0.39, 0.29) is 11.2 Å². The van der Waals surface area contributed by atoms with E-state index in [1.54, 1.807) is 26.8 Å². The van der Waals surface area contributed by atoms with Gasteiger partial charge in [0.25, 0.3) is 0 Å². The Morgan fingerprint density at radius 1 is 1.25 bits per heavy atom. The maximum Gasteiger partial charge on any atom is 0.308 e. The number of rotatable bonds is 6. The van der Waals surface area contributed by atoms with E-state index in [0.717, 1.165) is 4.90 Å². The Morgan fingerprint density at radius 2 is 1.85 bits per heavy atom. The van der Waals surface area contributed by atoms with Crippen LogP contribution in [-0.2, 0) is 9.59 Å². The molecule has 0 saturated heterocycles. The predicted molar refractivity (Wildman–Crippen MR) is 81.2 cm³/mol. The van der Waals surface area contributed by atoms with Gasteiger partial charge in [-0.25, -0.2) is 0 Å². The Labute approximate surface area is 127 Å². The van der Waals surface area contributed by atoms with Gasteiger partial charge in [0.1, 0.15) is 0 Å². The molecule has 1 amide bonds. The zero-order chi connectivity index (χ0) is 15.3. The Balaban J connectivity index is 2.60. The summed E-state index contributed by atoms with van der Waals surface area (Å²) in [5.41, 5.74) is 0. The number of halogens is 1. The Hall–Kier alpha value is -1.20. The number of carboxylic acid groups (broad SMARTS) is 1. The zero-order valence-corrected chi connectivity index (χ0v) is 13.2. The van der Waals surface area contributed by atoms with Gasteiger partial charge in [0.2, 0.25) is 5.91 Å². The minimum absolute atomic E-state index is 0.199. The van der Waals surface area contributed by atoms with Crippen molar-refractivity contribution in [2.24, 2.45) is 5.92 Å². The van der Waals surface area contributed by atoms with Crippen molar-refractivity contribution in [2.45, 2.75) is 37.0 Å². The van der Waals surface area contributed by atoms with Crippen LogP contribution in [0.4, 0.5) is 0 Å². The first-order valence-corrected chi connectivity index (χ1v) is 7.53. The lowest BCUT2D eigenvalue weighted by Crippen LogP contribution is -2.43. The normalized spacial score (nSPS) is 15.2. The minimum atomic E-state index is -0.927. The molecule has 1 aromatic rings. The van der Waals surface area contributed by atoms with Crippen molar-refractivity contribution in [1.29, 1.82) is 0 Å². The smallest absolute Gasteiger partial charge is 0.308 e. The maximum absolute atomic E-state index is 12.0. The zero-order valence-electron chi connectivity index (χ0n) is 11.6. The van der Waals surface area contributed by atoms with Crippen molar-refractivity contribution in [1.82, 2.24) is 5.32 Å². The van der Waals surface area contributed by atoms with E-state index in [1.165, 1.54) is 11.8 Å². The van der Waals surface area contributed by atoms with Crippen LogP contribution in [0.2, 0.25) is 5.02 Å². The highest BCUT2D eigenvalue weighted by Crippen LogP contribution is 2.30. The van der Waals surface area contributed by atoms with E-state index < -0.39 is 17.9 Å². The largest absolute Gasteiger partial charge is 0.481 e. The fourth-order valence-electron chi connectivity index (χ4n) is 1.46. The van der Waals surface area contributed by atoms with Crippen molar-refractivity contribution >= 4 is 35.2 Å². The summed E-state index contributed by atoms with van der Waals surface area (Å²) in [5.74, 6) is -1.75. The molecule has 1 rings (SSSR count). The summed E-state index contributed by atoms with van der Waals surface area (Å²) < 4.78 is 0. The molecular weight excluding hydrogens is 298 g/mol.